The average molecular weight is 256 g/mol. The molecule has 0 saturated heterocycles. The van der Waals surface area contributed by atoms with Gasteiger partial charge in [0.15, 0.2) is 0 Å². The molecule has 0 bridgehead atoms. The molecular weight excluding hydrogens is 236 g/mol. The van der Waals surface area contributed by atoms with E-state index in [-0.39, 0.29) is 0 Å². The summed E-state index contributed by atoms with van der Waals surface area (Å²) in [7, 11) is 0. The van der Waals surface area contributed by atoms with Crippen LogP contribution in [0.5, 0.6) is 0 Å². The van der Waals surface area contributed by atoms with Gasteiger partial charge in [0, 0.05) is 24.3 Å². The first-order valence-electron chi connectivity index (χ1n) is 7.04. The Morgan fingerprint density at radius 2 is 2.05 bits per heavy atom. The van der Waals surface area contributed by atoms with E-state index >= 15 is 0 Å². The zero-order valence-electron chi connectivity index (χ0n) is 11.4. The summed E-state index contributed by atoms with van der Waals surface area (Å²) in [6, 6.07) is 6.42. The number of hydrogen-bond donors (Lipinski definition) is 1. The fourth-order valence-electron chi connectivity index (χ4n) is 2.65. The monoisotopic (exact) mass is 256 g/mol. The summed E-state index contributed by atoms with van der Waals surface area (Å²) in [5, 5.41) is 3.43. The molecule has 1 N–H and O–H groups in total. The van der Waals surface area contributed by atoms with E-state index in [1.54, 1.807) is 6.26 Å². The van der Waals surface area contributed by atoms with E-state index in [4.69, 9.17) is 9.40 Å². The average Bonchev–Trinajstić information content (AvgIpc) is 2.84. The Balaban J connectivity index is 1.59. The van der Waals surface area contributed by atoms with Gasteiger partial charge in [0.1, 0.15) is 5.76 Å². The Kier molecular flexibility index (Phi) is 3.65. The first-order chi connectivity index (χ1) is 9.33. The molecule has 0 unspecified atom stereocenters. The van der Waals surface area contributed by atoms with Crippen LogP contribution in [0.4, 0.5) is 0 Å². The van der Waals surface area contributed by atoms with Gasteiger partial charge in [0.2, 0.25) is 0 Å². The largest absolute Gasteiger partial charge is 0.469 e. The van der Waals surface area contributed by atoms with E-state index in [2.05, 4.69) is 17.4 Å². The minimum atomic E-state index is 0.817. The summed E-state index contributed by atoms with van der Waals surface area (Å²) in [5.41, 5.74) is 5.12. The van der Waals surface area contributed by atoms with Crippen LogP contribution in [0.2, 0.25) is 0 Å². The number of rotatable bonds is 4. The molecule has 0 aromatic carbocycles. The summed E-state index contributed by atoms with van der Waals surface area (Å²) in [5.74, 6) is 0.992. The van der Waals surface area contributed by atoms with Crippen LogP contribution in [0.25, 0.3) is 0 Å². The van der Waals surface area contributed by atoms with Gasteiger partial charge >= 0.3 is 0 Å². The molecule has 0 aliphatic heterocycles. The van der Waals surface area contributed by atoms with Crippen LogP contribution >= 0.6 is 0 Å². The van der Waals surface area contributed by atoms with Gasteiger partial charge in [-0.15, -0.1) is 0 Å². The summed E-state index contributed by atoms with van der Waals surface area (Å²) in [6.45, 7) is 3.65. The number of furan rings is 1. The second-order valence-electron chi connectivity index (χ2n) is 5.22. The van der Waals surface area contributed by atoms with Gasteiger partial charge in [-0.3, -0.25) is 4.98 Å². The minimum Gasteiger partial charge on any atom is -0.469 e. The highest BCUT2D eigenvalue weighted by molar-refractivity contribution is 5.25. The molecule has 2 aromatic heterocycles. The van der Waals surface area contributed by atoms with Crippen molar-refractivity contribution in [2.24, 2.45) is 0 Å². The molecule has 0 saturated carbocycles. The van der Waals surface area contributed by atoms with Gasteiger partial charge in [0.25, 0.3) is 0 Å². The molecule has 0 atom stereocenters. The first kappa shape index (κ1) is 12.4. The molecule has 0 fully saturated rings. The fourth-order valence-corrected chi connectivity index (χ4v) is 2.65. The van der Waals surface area contributed by atoms with Crippen LogP contribution in [0.3, 0.4) is 0 Å². The fraction of sp³-hybridized carbons (Fsp3) is 0.438. The third-order valence-corrected chi connectivity index (χ3v) is 3.82. The number of hydrogen-bond acceptors (Lipinski definition) is 3. The van der Waals surface area contributed by atoms with Crippen LogP contribution in [-0.4, -0.2) is 4.98 Å². The topological polar surface area (TPSA) is 38.1 Å². The molecule has 1 aliphatic carbocycles. The van der Waals surface area contributed by atoms with E-state index < -0.39 is 0 Å². The Morgan fingerprint density at radius 1 is 1.16 bits per heavy atom. The normalized spacial score (nSPS) is 14.4. The SMILES string of the molecule is Cc1occc1CNCc1ccc2c(n1)CCCC2. The quantitative estimate of drug-likeness (QED) is 0.913. The molecule has 2 aromatic rings. The highest BCUT2D eigenvalue weighted by Crippen LogP contribution is 2.19. The molecule has 3 heteroatoms. The van der Waals surface area contributed by atoms with Gasteiger partial charge in [-0.1, -0.05) is 6.07 Å². The first-order valence-corrected chi connectivity index (χ1v) is 7.04. The molecule has 100 valence electrons. The molecule has 3 rings (SSSR count). The lowest BCUT2D eigenvalue weighted by molar-refractivity contribution is 0.526. The Bertz CT molecular complexity index is 560. The van der Waals surface area contributed by atoms with Crippen molar-refractivity contribution in [2.75, 3.05) is 0 Å². The van der Waals surface area contributed by atoms with E-state index in [1.165, 1.54) is 36.1 Å². The zero-order valence-corrected chi connectivity index (χ0v) is 11.4. The van der Waals surface area contributed by atoms with Crippen LogP contribution < -0.4 is 5.32 Å². The van der Waals surface area contributed by atoms with Gasteiger partial charge in [-0.2, -0.15) is 0 Å². The lowest BCUT2D eigenvalue weighted by atomic mass is 9.96. The number of nitrogens with one attached hydrogen (secondary N) is 1. The van der Waals surface area contributed by atoms with Gasteiger partial charge in [0.05, 0.1) is 12.0 Å². The smallest absolute Gasteiger partial charge is 0.105 e. The third kappa shape index (κ3) is 2.87. The molecule has 0 radical (unpaired) electrons. The maximum atomic E-state index is 5.29. The highest BCUT2D eigenvalue weighted by Gasteiger charge is 2.10. The summed E-state index contributed by atoms with van der Waals surface area (Å²) >= 11 is 0. The van der Waals surface area contributed by atoms with Crippen molar-refractivity contribution in [1.29, 1.82) is 0 Å². The van der Waals surface area contributed by atoms with Crippen molar-refractivity contribution in [3.05, 3.63) is 52.7 Å². The lowest BCUT2D eigenvalue weighted by Crippen LogP contribution is -2.15. The summed E-state index contributed by atoms with van der Waals surface area (Å²) in [4.78, 5) is 4.77. The van der Waals surface area contributed by atoms with E-state index in [0.29, 0.717) is 0 Å². The van der Waals surface area contributed by atoms with Crippen LogP contribution in [0.15, 0.2) is 28.9 Å². The van der Waals surface area contributed by atoms with Gasteiger partial charge in [-0.05, 0) is 50.3 Å². The Hall–Kier alpha value is -1.61. The van der Waals surface area contributed by atoms with E-state index in [1.807, 2.05) is 13.0 Å². The number of aromatic nitrogens is 1. The second-order valence-corrected chi connectivity index (χ2v) is 5.22. The maximum Gasteiger partial charge on any atom is 0.105 e. The molecule has 0 spiro atoms. The molecule has 1 aliphatic rings. The van der Waals surface area contributed by atoms with Crippen molar-refractivity contribution in [1.82, 2.24) is 10.3 Å². The van der Waals surface area contributed by atoms with Gasteiger partial charge in [-0.25, -0.2) is 0 Å². The van der Waals surface area contributed by atoms with Crippen molar-refractivity contribution in [3.63, 3.8) is 0 Å². The van der Waals surface area contributed by atoms with Crippen LogP contribution in [-0.2, 0) is 25.9 Å². The number of fused-ring (bicyclic) bond motifs is 1. The number of pyridine rings is 1. The van der Waals surface area contributed by atoms with E-state index in [0.717, 1.165) is 31.0 Å². The Labute approximate surface area is 114 Å². The van der Waals surface area contributed by atoms with Crippen LogP contribution in [0.1, 0.15) is 41.1 Å². The van der Waals surface area contributed by atoms with Crippen molar-refractivity contribution in [2.45, 2.75) is 45.7 Å². The van der Waals surface area contributed by atoms with Crippen LogP contribution in [0, 0.1) is 6.92 Å². The second kappa shape index (κ2) is 5.57. The highest BCUT2D eigenvalue weighted by atomic mass is 16.3. The standard InChI is InChI=1S/C16H20N2O/c1-12-14(8-9-19-12)10-17-11-15-7-6-13-4-2-3-5-16(13)18-15/h6-9,17H,2-5,10-11H2,1H3. The number of nitrogens with zero attached hydrogens (tertiary/aromatic N) is 1. The molecular formula is C16H20N2O. The van der Waals surface area contributed by atoms with Crippen molar-refractivity contribution in [3.8, 4) is 0 Å². The molecule has 3 nitrogen and oxygen atoms in total. The van der Waals surface area contributed by atoms with Gasteiger partial charge < -0.3 is 9.73 Å². The maximum absolute atomic E-state index is 5.29. The molecule has 19 heavy (non-hydrogen) atoms. The third-order valence-electron chi connectivity index (χ3n) is 3.82. The predicted molar refractivity (Wildman–Crippen MR) is 74.9 cm³/mol. The molecule has 2 heterocycles. The lowest BCUT2D eigenvalue weighted by Gasteiger charge is -2.15. The van der Waals surface area contributed by atoms with E-state index in [9.17, 15) is 0 Å². The zero-order chi connectivity index (χ0) is 13.1. The predicted octanol–water partition coefficient (Wildman–Crippen LogP) is 3.15. The number of aryl methyl sites for hydroxylation is 3. The van der Waals surface area contributed by atoms with Crippen molar-refractivity contribution >= 4 is 0 Å². The molecule has 0 amide bonds. The minimum absolute atomic E-state index is 0.817. The van der Waals surface area contributed by atoms with Crippen molar-refractivity contribution < 1.29 is 4.42 Å². The Morgan fingerprint density at radius 3 is 2.89 bits per heavy atom. The summed E-state index contributed by atoms with van der Waals surface area (Å²) in [6.07, 6.45) is 6.68. The summed E-state index contributed by atoms with van der Waals surface area (Å²) < 4.78 is 5.29.